The van der Waals surface area contributed by atoms with Crippen molar-refractivity contribution in [1.29, 1.82) is 0 Å². The first kappa shape index (κ1) is 16.5. The summed E-state index contributed by atoms with van der Waals surface area (Å²) in [6, 6.07) is 8.42. The third-order valence-corrected chi connectivity index (χ3v) is 4.19. The lowest BCUT2D eigenvalue weighted by atomic mass is 10.1. The number of benzene rings is 1. The second-order valence-corrected chi connectivity index (χ2v) is 6.15. The number of carbonyl (C=O) groups excluding carboxylic acids is 2. The number of fused-ring (bicyclic) bond motifs is 4. The lowest BCUT2D eigenvalue weighted by Crippen LogP contribution is -2.28. The highest BCUT2D eigenvalue weighted by atomic mass is 16.2. The van der Waals surface area contributed by atoms with Gasteiger partial charge in [-0.3, -0.25) is 9.59 Å². The number of hydrogen-bond donors (Lipinski definition) is 1. The van der Waals surface area contributed by atoms with Crippen LogP contribution < -0.4 is 5.73 Å². The Kier molecular flexibility index (Phi) is 6.44. The molecule has 0 aliphatic carbocycles. The normalized spacial score (nSPS) is 13.2. The molecule has 2 N–H and O–H groups in total. The SMILES string of the molecule is NC(=O)CCCCCCCCC(=O)N1Cc2ccc(cc2)C1. The van der Waals surface area contributed by atoms with Crippen molar-refractivity contribution in [3.8, 4) is 0 Å². The van der Waals surface area contributed by atoms with Crippen LogP contribution >= 0.6 is 0 Å². The largest absolute Gasteiger partial charge is 0.370 e. The van der Waals surface area contributed by atoms with Crippen LogP contribution in [0.15, 0.2) is 24.3 Å². The predicted octanol–water partition coefficient (Wildman–Crippen LogP) is 3.13. The van der Waals surface area contributed by atoms with Gasteiger partial charge in [0, 0.05) is 25.9 Å². The van der Waals surface area contributed by atoms with Gasteiger partial charge in [0.05, 0.1) is 0 Å². The molecule has 0 spiro atoms. The number of nitrogens with zero attached hydrogens (tertiary/aromatic N) is 1. The molecule has 4 nitrogen and oxygen atoms in total. The zero-order valence-electron chi connectivity index (χ0n) is 13.2. The van der Waals surface area contributed by atoms with E-state index in [1.54, 1.807) is 0 Å². The Morgan fingerprint density at radius 2 is 1.27 bits per heavy atom. The van der Waals surface area contributed by atoms with Gasteiger partial charge in [0.25, 0.3) is 0 Å². The number of amides is 2. The molecule has 0 aromatic heterocycles. The molecular weight excluding hydrogens is 276 g/mol. The van der Waals surface area contributed by atoms with Crippen LogP contribution in [0.1, 0.15) is 62.5 Å². The first-order chi connectivity index (χ1) is 10.6. The number of nitrogens with two attached hydrogens (primary N) is 1. The van der Waals surface area contributed by atoms with E-state index >= 15 is 0 Å². The molecule has 1 aromatic carbocycles. The average Bonchev–Trinajstić information content (AvgIpc) is 2.83. The Balaban J connectivity index is 1.55. The number of rotatable bonds is 9. The minimum Gasteiger partial charge on any atom is -0.370 e. The van der Waals surface area contributed by atoms with Crippen molar-refractivity contribution in [2.75, 3.05) is 0 Å². The van der Waals surface area contributed by atoms with Gasteiger partial charge < -0.3 is 10.6 Å². The molecule has 0 saturated carbocycles. The van der Waals surface area contributed by atoms with Gasteiger partial charge in [-0.2, -0.15) is 0 Å². The molecule has 2 aliphatic rings. The summed E-state index contributed by atoms with van der Waals surface area (Å²) in [7, 11) is 0. The molecule has 120 valence electrons. The molecule has 2 heterocycles. The highest BCUT2D eigenvalue weighted by Gasteiger charge is 2.17. The summed E-state index contributed by atoms with van der Waals surface area (Å²) in [5.74, 6) is 0.0489. The van der Waals surface area contributed by atoms with E-state index in [9.17, 15) is 9.59 Å². The van der Waals surface area contributed by atoms with Crippen molar-refractivity contribution < 1.29 is 9.59 Å². The smallest absolute Gasteiger partial charge is 0.223 e. The van der Waals surface area contributed by atoms with Crippen LogP contribution in [0.3, 0.4) is 0 Å². The van der Waals surface area contributed by atoms with E-state index < -0.39 is 0 Å². The molecule has 0 saturated heterocycles. The molecule has 22 heavy (non-hydrogen) atoms. The maximum absolute atomic E-state index is 12.3. The third kappa shape index (κ3) is 5.51. The fourth-order valence-electron chi connectivity index (χ4n) is 2.86. The molecule has 2 amide bonds. The van der Waals surface area contributed by atoms with E-state index in [4.69, 9.17) is 5.73 Å². The molecule has 3 rings (SSSR count). The van der Waals surface area contributed by atoms with Gasteiger partial charge in [-0.05, 0) is 24.0 Å². The maximum Gasteiger partial charge on any atom is 0.223 e. The number of primary amides is 1. The van der Waals surface area contributed by atoms with Crippen LogP contribution in [-0.2, 0) is 22.7 Å². The first-order valence-electron chi connectivity index (χ1n) is 8.29. The molecule has 0 atom stereocenters. The lowest BCUT2D eigenvalue weighted by Gasteiger charge is -2.20. The summed E-state index contributed by atoms with van der Waals surface area (Å²) in [5.41, 5.74) is 7.52. The van der Waals surface area contributed by atoms with E-state index in [0.29, 0.717) is 12.8 Å². The minimum absolute atomic E-state index is 0.211. The quantitative estimate of drug-likeness (QED) is 0.712. The zero-order valence-corrected chi connectivity index (χ0v) is 13.2. The van der Waals surface area contributed by atoms with Crippen molar-refractivity contribution in [3.05, 3.63) is 35.4 Å². The molecule has 4 heteroatoms. The second-order valence-electron chi connectivity index (χ2n) is 6.15. The molecule has 2 bridgehead atoms. The molecule has 0 fully saturated rings. The van der Waals surface area contributed by atoms with Crippen LogP contribution in [0, 0.1) is 0 Å². The number of hydrogen-bond acceptors (Lipinski definition) is 2. The van der Waals surface area contributed by atoms with Gasteiger partial charge in [-0.1, -0.05) is 49.9 Å². The van der Waals surface area contributed by atoms with Crippen LogP contribution in [0.4, 0.5) is 0 Å². The Morgan fingerprint density at radius 1 is 0.818 bits per heavy atom. The van der Waals surface area contributed by atoms with E-state index in [0.717, 1.165) is 51.6 Å². The second kappa shape index (κ2) is 8.57. The minimum atomic E-state index is -0.211. The summed E-state index contributed by atoms with van der Waals surface area (Å²) in [4.78, 5) is 24.8. The van der Waals surface area contributed by atoms with Crippen LogP contribution in [0.2, 0.25) is 0 Å². The number of carbonyl (C=O) groups is 2. The highest BCUT2D eigenvalue weighted by Crippen LogP contribution is 2.18. The topological polar surface area (TPSA) is 63.4 Å². The molecule has 0 radical (unpaired) electrons. The summed E-state index contributed by atoms with van der Waals surface area (Å²) in [6.45, 7) is 1.48. The van der Waals surface area contributed by atoms with Crippen LogP contribution in [0.5, 0.6) is 0 Å². The van der Waals surface area contributed by atoms with Gasteiger partial charge in [-0.25, -0.2) is 0 Å². The van der Waals surface area contributed by atoms with E-state index in [1.165, 1.54) is 11.1 Å². The summed E-state index contributed by atoms with van der Waals surface area (Å²) < 4.78 is 0. The Morgan fingerprint density at radius 3 is 1.77 bits per heavy atom. The maximum atomic E-state index is 12.3. The Hall–Kier alpha value is -1.84. The average molecular weight is 302 g/mol. The number of unbranched alkanes of at least 4 members (excludes halogenated alkanes) is 5. The van der Waals surface area contributed by atoms with Crippen molar-refractivity contribution in [2.45, 2.75) is 64.5 Å². The van der Waals surface area contributed by atoms with Crippen molar-refractivity contribution in [2.24, 2.45) is 5.73 Å². The van der Waals surface area contributed by atoms with Gasteiger partial charge in [0.2, 0.25) is 11.8 Å². The molecule has 0 unspecified atom stereocenters. The van der Waals surface area contributed by atoms with Crippen molar-refractivity contribution in [3.63, 3.8) is 0 Å². The van der Waals surface area contributed by atoms with E-state index in [-0.39, 0.29) is 11.8 Å². The highest BCUT2D eigenvalue weighted by molar-refractivity contribution is 5.76. The van der Waals surface area contributed by atoms with E-state index in [1.807, 2.05) is 4.90 Å². The van der Waals surface area contributed by atoms with E-state index in [2.05, 4.69) is 24.3 Å². The lowest BCUT2D eigenvalue weighted by molar-refractivity contribution is -0.132. The third-order valence-electron chi connectivity index (χ3n) is 4.19. The Bertz CT molecular complexity index is 471. The summed E-state index contributed by atoms with van der Waals surface area (Å²) >= 11 is 0. The van der Waals surface area contributed by atoms with Crippen molar-refractivity contribution >= 4 is 11.8 Å². The van der Waals surface area contributed by atoms with Gasteiger partial charge in [-0.15, -0.1) is 0 Å². The molecule has 1 aromatic rings. The van der Waals surface area contributed by atoms with Gasteiger partial charge in [0.15, 0.2) is 0 Å². The standard InChI is InChI=1S/C18H26N2O2/c19-17(21)7-5-3-1-2-4-6-8-18(22)20-13-15-9-10-16(14-20)12-11-15/h9-12H,1-8,13-14H2,(H2,19,21). The fraction of sp³-hybridized carbons (Fsp3) is 0.556. The molecular formula is C18H26N2O2. The summed E-state index contributed by atoms with van der Waals surface area (Å²) in [6.07, 6.45) is 7.36. The zero-order chi connectivity index (χ0) is 15.8. The Labute approximate surface area is 132 Å². The fourth-order valence-corrected chi connectivity index (χ4v) is 2.86. The van der Waals surface area contributed by atoms with Crippen LogP contribution in [0.25, 0.3) is 0 Å². The predicted molar refractivity (Wildman–Crippen MR) is 86.8 cm³/mol. The van der Waals surface area contributed by atoms with Crippen LogP contribution in [-0.4, -0.2) is 16.7 Å². The first-order valence-corrected chi connectivity index (χ1v) is 8.29. The van der Waals surface area contributed by atoms with Gasteiger partial charge >= 0.3 is 0 Å². The van der Waals surface area contributed by atoms with Gasteiger partial charge in [0.1, 0.15) is 0 Å². The summed E-state index contributed by atoms with van der Waals surface area (Å²) in [5, 5.41) is 0. The van der Waals surface area contributed by atoms with Crippen molar-refractivity contribution in [1.82, 2.24) is 4.90 Å². The monoisotopic (exact) mass is 302 g/mol. The molecule has 2 aliphatic heterocycles.